The summed E-state index contributed by atoms with van der Waals surface area (Å²) in [5, 5.41) is 11.5. The highest BCUT2D eigenvalue weighted by Gasteiger charge is 2.20. The lowest BCUT2D eigenvalue weighted by Crippen LogP contribution is -2.16. The molecule has 0 bridgehead atoms. The molecule has 0 unspecified atom stereocenters. The maximum Gasteiger partial charge on any atom is 0.340 e. The van der Waals surface area contributed by atoms with E-state index in [0.717, 1.165) is 18.2 Å². The number of hydrogen-bond acceptors (Lipinski definition) is 6. The molecule has 1 aliphatic rings. The van der Waals surface area contributed by atoms with Crippen molar-refractivity contribution in [2.45, 2.75) is 19.4 Å². The highest BCUT2D eigenvalue weighted by atomic mass is 16.5. The zero-order valence-electron chi connectivity index (χ0n) is 11.8. The molecule has 0 aliphatic heterocycles. The Kier molecular flexibility index (Phi) is 3.92. The predicted molar refractivity (Wildman–Crippen MR) is 74.9 cm³/mol. The van der Waals surface area contributed by atoms with Crippen molar-refractivity contribution in [2.75, 3.05) is 13.7 Å². The minimum absolute atomic E-state index is 0.412. The molecule has 0 atom stereocenters. The molecule has 3 rings (SSSR count). The Hall–Kier alpha value is -2.28. The van der Waals surface area contributed by atoms with Gasteiger partial charge in [0, 0.05) is 12.7 Å². The molecule has 0 aromatic carbocycles. The van der Waals surface area contributed by atoms with Crippen LogP contribution in [-0.4, -0.2) is 39.6 Å². The number of nitrogens with one attached hydrogen (secondary N) is 1. The molecular formula is C14H17N5O2. The summed E-state index contributed by atoms with van der Waals surface area (Å²) in [6.45, 7) is 1.69. The first-order valence-electron chi connectivity index (χ1n) is 6.92. The average Bonchev–Trinajstić information content (AvgIpc) is 3.22. The van der Waals surface area contributed by atoms with Crippen molar-refractivity contribution < 1.29 is 9.53 Å². The molecule has 1 fully saturated rings. The number of rotatable bonds is 6. The largest absolute Gasteiger partial charge is 0.465 e. The summed E-state index contributed by atoms with van der Waals surface area (Å²) in [6.07, 6.45) is 7.55. The van der Waals surface area contributed by atoms with Crippen molar-refractivity contribution in [2.24, 2.45) is 5.92 Å². The average molecular weight is 287 g/mol. The fourth-order valence-electron chi connectivity index (χ4n) is 2.07. The van der Waals surface area contributed by atoms with Crippen LogP contribution in [0.5, 0.6) is 0 Å². The first kappa shape index (κ1) is 13.7. The maximum atomic E-state index is 11.7. The molecule has 2 aromatic heterocycles. The van der Waals surface area contributed by atoms with Gasteiger partial charge in [-0.15, -0.1) is 5.10 Å². The number of nitrogens with zero attached hydrogens (tertiary/aromatic N) is 4. The van der Waals surface area contributed by atoms with E-state index in [0.29, 0.717) is 17.8 Å². The number of esters is 1. The zero-order valence-corrected chi connectivity index (χ0v) is 11.8. The van der Waals surface area contributed by atoms with Crippen molar-refractivity contribution in [3.05, 3.63) is 35.9 Å². The second-order valence-corrected chi connectivity index (χ2v) is 5.11. The third kappa shape index (κ3) is 3.25. The molecule has 7 heteroatoms. The van der Waals surface area contributed by atoms with Crippen LogP contribution in [0.2, 0.25) is 0 Å². The Bertz CT molecular complexity index is 636. The van der Waals surface area contributed by atoms with Crippen molar-refractivity contribution in [1.82, 2.24) is 25.3 Å². The molecule has 0 spiro atoms. The molecule has 7 nitrogen and oxygen atoms in total. The fourth-order valence-corrected chi connectivity index (χ4v) is 2.07. The smallest absolute Gasteiger partial charge is 0.340 e. The van der Waals surface area contributed by atoms with Crippen molar-refractivity contribution in [3.8, 4) is 5.69 Å². The van der Waals surface area contributed by atoms with Crippen LogP contribution in [-0.2, 0) is 11.3 Å². The number of carbonyl (C=O) groups excluding carboxylic acids is 1. The minimum atomic E-state index is -0.420. The summed E-state index contributed by atoms with van der Waals surface area (Å²) >= 11 is 0. The summed E-state index contributed by atoms with van der Waals surface area (Å²) < 4.78 is 6.31. The van der Waals surface area contributed by atoms with E-state index in [1.165, 1.54) is 20.0 Å². The van der Waals surface area contributed by atoms with Crippen LogP contribution < -0.4 is 5.32 Å². The Morgan fingerprint density at radius 1 is 1.52 bits per heavy atom. The molecule has 1 saturated carbocycles. The number of methoxy groups -OCH3 is 1. The normalized spacial score (nSPS) is 14.1. The van der Waals surface area contributed by atoms with Crippen molar-refractivity contribution in [1.29, 1.82) is 0 Å². The van der Waals surface area contributed by atoms with E-state index in [-0.39, 0.29) is 0 Å². The van der Waals surface area contributed by atoms with Gasteiger partial charge in [-0.3, -0.25) is 4.98 Å². The van der Waals surface area contributed by atoms with Gasteiger partial charge in [-0.05, 0) is 31.4 Å². The first-order chi connectivity index (χ1) is 10.3. The van der Waals surface area contributed by atoms with E-state index < -0.39 is 5.97 Å². The van der Waals surface area contributed by atoms with Gasteiger partial charge in [0.1, 0.15) is 0 Å². The van der Waals surface area contributed by atoms with Gasteiger partial charge in [0.05, 0.1) is 36.4 Å². The standard InChI is InChI=1S/C14H17N5O2/c1-21-14(20)12-4-5-15-8-13(12)19-9-11(17-18-19)7-16-6-10-2-3-10/h4-5,8-10,16H,2-3,6-7H2,1H3. The highest BCUT2D eigenvalue weighted by molar-refractivity contribution is 5.93. The summed E-state index contributed by atoms with van der Waals surface area (Å²) in [4.78, 5) is 15.8. The van der Waals surface area contributed by atoms with Gasteiger partial charge in [-0.2, -0.15) is 0 Å². The second-order valence-electron chi connectivity index (χ2n) is 5.11. The highest BCUT2D eigenvalue weighted by Crippen LogP contribution is 2.27. The lowest BCUT2D eigenvalue weighted by atomic mass is 10.2. The van der Waals surface area contributed by atoms with Gasteiger partial charge in [0.25, 0.3) is 0 Å². The summed E-state index contributed by atoms with van der Waals surface area (Å²) in [5.41, 5.74) is 1.80. The topological polar surface area (TPSA) is 81.9 Å². The molecular weight excluding hydrogens is 270 g/mol. The molecule has 110 valence electrons. The van der Waals surface area contributed by atoms with Crippen LogP contribution in [0.4, 0.5) is 0 Å². The fraction of sp³-hybridized carbons (Fsp3) is 0.429. The Morgan fingerprint density at radius 3 is 3.14 bits per heavy atom. The maximum absolute atomic E-state index is 11.7. The van der Waals surface area contributed by atoms with Crippen LogP contribution in [0.25, 0.3) is 5.69 Å². The van der Waals surface area contributed by atoms with Gasteiger partial charge < -0.3 is 10.1 Å². The molecule has 0 amide bonds. The Balaban J connectivity index is 1.74. The van der Waals surface area contributed by atoms with E-state index >= 15 is 0 Å². The van der Waals surface area contributed by atoms with E-state index in [2.05, 4.69) is 20.6 Å². The van der Waals surface area contributed by atoms with Crippen LogP contribution in [0.1, 0.15) is 28.9 Å². The Morgan fingerprint density at radius 2 is 2.38 bits per heavy atom. The lowest BCUT2D eigenvalue weighted by molar-refractivity contribution is 0.0600. The van der Waals surface area contributed by atoms with Crippen LogP contribution in [0.15, 0.2) is 24.7 Å². The first-order valence-corrected chi connectivity index (χ1v) is 6.92. The summed E-state index contributed by atoms with van der Waals surface area (Å²) in [6, 6.07) is 1.61. The monoisotopic (exact) mass is 287 g/mol. The van der Waals surface area contributed by atoms with E-state index in [9.17, 15) is 4.79 Å². The third-order valence-electron chi connectivity index (χ3n) is 3.43. The van der Waals surface area contributed by atoms with E-state index in [1.807, 2.05) is 0 Å². The molecule has 1 N–H and O–H groups in total. The van der Waals surface area contributed by atoms with Gasteiger partial charge in [-0.25, -0.2) is 9.48 Å². The second kappa shape index (κ2) is 6.01. The van der Waals surface area contributed by atoms with Gasteiger partial charge in [-0.1, -0.05) is 5.21 Å². The molecule has 1 aliphatic carbocycles. The number of pyridine rings is 1. The molecule has 21 heavy (non-hydrogen) atoms. The van der Waals surface area contributed by atoms with Crippen LogP contribution >= 0.6 is 0 Å². The van der Waals surface area contributed by atoms with Crippen LogP contribution in [0, 0.1) is 5.92 Å². The summed E-state index contributed by atoms with van der Waals surface area (Å²) in [5.74, 6) is 0.403. The third-order valence-corrected chi connectivity index (χ3v) is 3.43. The zero-order chi connectivity index (χ0) is 14.7. The van der Waals surface area contributed by atoms with Crippen molar-refractivity contribution in [3.63, 3.8) is 0 Å². The van der Waals surface area contributed by atoms with E-state index in [4.69, 9.17) is 4.74 Å². The predicted octanol–water partition coefficient (Wildman–Crippen LogP) is 0.948. The molecule has 0 radical (unpaired) electrons. The van der Waals surface area contributed by atoms with Gasteiger partial charge >= 0.3 is 5.97 Å². The Labute approximate surface area is 122 Å². The SMILES string of the molecule is COC(=O)c1ccncc1-n1cc(CNCC2CC2)nn1. The number of carbonyl (C=O) groups is 1. The minimum Gasteiger partial charge on any atom is -0.465 e. The molecule has 2 heterocycles. The lowest BCUT2D eigenvalue weighted by Gasteiger charge is -2.05. The molecule has 0 saturated heterocycles. The van der Waals surface area contributed by atoms with Gasteiger partial charge in [0.15, 0.2) is 0 Å². The van der Waals surface area contributed by atoms with E-state index in [1.54, 1.807) is 29.3 Å². The molecule has 2 aromatic rings. The number of aromatic nitrogens is 4. The van der Waals surface area contributed by atoms with Gasteiger partial charge in [0.2, 0.25) is 0 Å². The quantitative estimate of drug-likeness (QED) is 0.797. The number of hydrogen-bond donors (Lipinski definition) is 1. The number of ether oxygens (including phenoxy) is 1. The summed E-state index contributed by atoms with van der Waals surface area (Å²) in [7, 11) is 1.35. The van der Waals surface area contributed by atoms with Crippen molar-refractivity contribution >= 4 is 5.97 Å². The van der Waals surface area contributed by atoms with Crippen LogP contribution in [0.3, 0.4) is 0 Å².